The third-order valence-electron chi connectivity index (χ3n) is 2.48. The van der Waals surface area contributed by atoms with Crippen LogP contribution in [-0.2, 0) is 12.6 Å². The summed E-state index contributed by atoms with van der Waals surface area (Å²) in [5.74, 6) is -0.319. The average molecular weight is 349 g/mol. The number of hydrogen-bond acceptors (Lipinski definition) is 2. The van der Waals surface area contributed by atoms with Crippen molar-refractivity contribution in [2.24, 2.45) is 0 Å². The Morgan fingerprint density at radius 3 is 2.53 bits per heavy atom. The zero-order valence-corrected chi connectivity index (χ0v) is 11.9. The summed E-state index contributed by atoms with van der Waals surface area (Å²) >= 11 is 4.67. The number of ketones is 1. The third kappa shape index (κ3) is 3.67. The lowest BCUT2D eigenvalue weighted by molar-refractivity contribution is -0.137. The third-order valence-corrected chi connectivity index (χ3v) is 4.10. The Morgan fingerprint density at radius 1 is 1.21 bits per heavy atom. The molecule has 1 heterocycles. The van der Waals surface area contributed by atoms with Gasteiger partial charge in [-0.2, -0.15) is 13.2 Å². The molecule has 0 aliphatic heterocycles. The summed E-state index contributed by atoms with van der Waals surface area (Å²) in [6.07, 6.45) is -4.32. The van der Waals surface area contributed by atoms with Crippen LogP contribution in [0.5, 0.6) is 0 Å². The van der Waals surface area contributed by atoms with Crippen molar-refractivity contribution in [3.05, 3.63) is 56.2 Å². The highest BCUT2D eigenvalue weighted by Gasteiger charge is 2.30. The standard InChI is InChI=1S/C13H8BrF3OS/c14-12-5-4-10(19-12)7-11(18)8-2-1-3-9(6-8)13(15,16)17/h1-6H,7H2. The van der Waals surface area contributed by atoms with E-state index in [2.05, 4.69) is 15.9 Å². The van der Waals surface area contributed by atoms with Crippen LogP contribution < -0.4 is 0 Å². The van der Waals surface area contributed by atoms with Crippen molar-refractivity contribution in [1.82, 2.24) is 0 Å². The van der Waals surface area contributed by atoms with Crippen LogP contribution in [0.2, 0.25) is 0 Å². The first-order valence-electron chi connectivity index (χ1n) is 5.31. The molecule has 0 aliphatic rings. The average Bonchev–Trinajstić information content (AvgIpc) is 2.74. The molecule has 0 bridgehead atoms. The van der Waals surface area contributed by atoms with Gasteiger partial charge in [0.1, 0.15) is 0 Å². The van der Waals surface area contributed by atoms with E-state index in [1.807, 2.05) is 0 Å². The second-order valence-corrected chi connectivity index (χ2v) is 6.43. The van der Waals surface area contributed by atoms with Crippen molar-refractivity contribution < 1.29 is 18.0 Å². The molecule has 100 valence electrons. The number of rotatable bonds is 3. The Labute approximate surface area is 120 Å². The van der Waals surface area contributed by atoms with Gasteiger partial charge in [0, 0.05) is 16.9 Å². The van der Waals surface area contributed by atoms with E-state index in [-0.39, 0.29) is 17.8 Å². The molecule has 0 spiro atoms. The predicted octanol–water partition coefficient (Wildman–Crippen LogP) is 4.95. The highest BCUT2D eigenvalue weighted by atomic mass is 79.9. The van der Waals surface area contributed by atoms with E-state index >= 15 is 0 Å². The molecule has 1 aromatic carbocycles. The monoisotopic (exact) mass is 348 g/mol. The van der Waals surface area contributed by atoms with Crippen LogP contribution in [0.1, 0.15) is 20.8 Å². The number of thiophene rings is 1. The molecule has 0 amide bonds. The van der Waals surface area contributed by atoms with Gasteiger partial charge in [0.25, 0.3) is 0 Å². The Morgan fingerprint density at radius 2 is 1.95 bits per heavy atom. The summed E-state index contributed by atoms with van der Waals surface area (Å²) in [6.45, 7) is 0. The van der Waals surface area contributed by atoms with Gasteiger partial charge in [0.05, 0.1) is 9.35 Å². The predicted molar refractivity (Wildman–Crippen MR) is 71.5 cm³/mol. The Kier molecular flexibility index (Phi) is 4.10. The molecule has 0 N–H and O–H groups in total. The summed E-state index contributed by atoms with van der Waals surface area (Å²) < 4.78 is 38.5. The summed E-state index contributed by atoms with van der Waals surface area (Å²) in [5, 5.41) is 0. The molecule has 1 nitrogen and oxygen atoms in total. The van der Waals surface area contributed by atoms with E-state index in [1.165, 1.54) is 23.5 Å². The highest BCUT2D eigenvalue weighted by molar-refractivity contribution is 9.11. The maximum Gasteiger partial charge on any atom is 0.416 e. The van der Waals surface area contributed by atoms with Gasteiger partial charge in [0.2, 0.25) is 0 Å². The minimum atomic E-state index is -4.43. The lowest BCUT2D eigenvalue weighted by Crippen LogP contribution is -2.08. The van der Waals surface area contributed by atoms with Crippen LogP contribution >= 0.6 is 27.3 Å². The van der Waals surface area contributed by atoms with Crippen LogP contribution in [0, 0.1) is 0 Å². The molecular weight excluding hydrogens is 341 g/mol. The molecule has 2 rings (SSSR count). The molecule has 0 atom stereocenters. The van der Waals surface area contributed by atoms with Gasteiger partial charge in [-0.15, -0.1) is 11.3 Å². The number of Topliss-reactive ketones (excluding diaryl/α,β-unsaturated/α-hetero) is 1. The van der Waals surface area contributed by atoms with E-state index in [9.17, 15) is 18.0 Å². The first-order valence-corrected chi connectivity index (χ1v) is 6.92. The largest absolute Gasteiger partial charge is 0.416 e. The number of benzene rings is 1. The maximum absolute atomic E-state index is 12.5. The van der Waals surface area contributed by atoms with Gasteiger partial charge in [-0.1, -0.05) is 12.1 Å². The maximum atomic E-state index is 12.5. The molecule has 0 saturated heterocycles. The van der Waals surface area contributed by atoms with E-state index in [1.54, 1.807) is 12.1 Å². The molecule has 19 heavy (non-hydrogen) atoms. The molecule has 1 aromatic heterocycles. The van der Waals surface area contributed by atoms with Crippen LogP contribution in [0.15, 0.2) is 40.2 Å². The molecule has 0 unspecified atom stereocenters. The van der Waals surface area contributed by atoms with Crippen LogP contribution in [0.3, 0.4) is 0 Å². The van der Waals surface area contributed by atoms with Crippen molar-refractivity contribution in [2.45, 2.75) is 12.6 Å². The van der Waals surface area contributed by atoms with Gasteiger partial charge in [0.15, 0.2) is 5.78 Å². The minimum Gasteiger partial charge on any atom is -0.294 e. The molecule has 0 saturated carbocycles. The zero-order chi connectivity index (χ0) is 14.0. The molecule has 0 fully saturated rings. The number of alkyl halides is 3. The van der Waals surface area contributed by atoms with Crippen molar-refractivity contribution in [3.8, 4) is 0 Å². The van der Waals surface area contributed by atoms with Crippen LogP contribution in [-0.4, -0.2) is 5.78 Å². The Bertz CT molecular complexity index is 604. The van der Waals surface area contributed by atoms with E-state index < -0.39 is 11.7 Å². The fraction of sp³-hybridized carbons (Fsp3) is 0.154. The van der Waals surface area contributed by atoms with Crippen LogP contribution in [0.4, 0.5) is 13.2 Å². The van der Waals surface area contributed by atoms with Crippen LogP contribution in [0.25, 0.3) is 0 Å². The Balaban J connectivity index is 2.20. The zero-order valence-electron chi connectivity index (χ0n) is 9.50. The quantitative estimate of drug-likeness (QED) is 0.717. The molecule has 0 radical (unpaired) electrons. The van der Waals surface area contributed by atoms with Gasteiger partial charge in [-0.3, -0.25) is 4.79 Å². The Hall–Kier alpha value is -1.14. The molecule has 2 aromatic rings. The fourth-order valence-electron chi connectivity index (χ4n) is 1.58. The van der Waals surface area contributed by atoms with Crippen molar-refractivity contribution in [1.29, 1.82) is 0 Å². The number of carbonyl (C=O) groups is 1. The summed E-state index contributed by atoms with van der Waals surface area (Å²) in [5.41, 5.74) is -0.718. The smallest absolute Gasteiger partial charge is 0.294 e. The molecule has 0 aliphatic carbocycles. The summed E-state index contributed by atoms with van der Waals surface area (Å²) in [6, 6.07) is 8.09. The number of halogens is 4. The first kappa shape index (κ1) is 14.3. The molecule has 6 heteroatoms. The van der Waals surface area contributed by atoms with Crippen molar-refractivity contribution in [2.75, 3.05) is 0 Å². The highest BCUT2D eigenvalue weighted by Crippen LogP contribution is 2.30. The number of hydrogen-bond donors (Lipinski definition) is 0. The lowest BCUT2D eigenvalue weighted by Gasteiger charge is -2.07. The minimum absolute atomic E-state index is 0.0827. The fourth-order valence-corrected chi connectivity index (χ4v) is 3.06. The van der Waals surface area contributed by atoms with Gasteiger partial charge in [-0.05, 0) is 40.2 Å². The summed E-state index contributed by atoms with van der Waals surface area (Å²) in [7, 11) is 0. The van der Waals surface area contributed by atoms with Gasteiger partial charge < -0.3 is 0 Å². The second kappa shape index (κ2) is 5.46. The van der Waals surface area contributed by atoms with E-state index in [0.717, 1.165) is 20.8 Å². The van der Waals surface area contributed by atoms with Crippen molar-refractivity contribution >= 4 is 33.0 Å². The summed E-state index contributed by atoms with van der Waals surface area (Å²) in [4.78, 5) is 12.7. The SMILES string of the molecule is O=C(Cc1ccc(Br)s1)c1cccc(C(F)(F)F)c1. The van der Waals surface area contributed by atoms with Crippen molar-refractivity contribution in [3.63, 3.8) is 0 Å². The number of carbonyl (C=O) groups excluding carboxylic acids is 1. The molecular formula is C13H8BrF3OS. The van der Waals surface area contributed by atoms with Gasteiger partial charge >= 0.3 is 6.18 Å². The van der Waals surface area contributed by atoms with Gasteiger partial charge in [-0.25, -0.2) is 0 Å². The lowest BCUT2D eigenvalue weighted by atomic mass is 10.0. The first-order chi connectivity index (χ1) is 8.86. The second-order valence-electron chi connectivity index (χ2n) is 3.88. The van der Waals surface area contributed by atoms with E-state index in [0.29, 0.717) is 0 Å². The van der Waals surface area contributed by atoms with E-state index in [4.69, 9.17) is 0 Å². The topological polar surface area (TPSA) is 17.1 Å². The normalized spacial score (nSPS) is 11.6.